The van der Waals surface area contributed by atoms with Crippen LogP contribution in [0.25, 0.3) is 10.8 Å². The Morgan fingerprint density at radius 3 is 2.89 bits per heavy atom. The third-order valence-corrected chi connectivity index (χ3v) is 4.27. The SMILES string of the molecule is CC1CCCC(Nc2nccc3ccccc23)CC1. The molecular weight excluding hydrogens is 232 g/mol. The fraction of sp³-hybridized carbons (Fsp3) is 0.471. The Hall–Kier alpha value is -1.57. The van der Waals surface area contributed by atoms with Crippen molar-refractivity contribution in [1.29, 1.82) is 0 Å². The third-order valence-electron chi connectivity index (χ3n) is 4.27. The Labute approximate surface area is 115 Å². The molecule has 2 aromatic rings. The summed E-state index contributed by atoms with van der Waals surface area (Å²) in [6.45, 7) is 2.37. The second-order valence-corrected chi connectivity index (χ2v) is 5.84. The van der Waals surface area contributed by atoms with Crippen molar-refractivity contribution in [3.05, 3.63) is 36.5 Å². The largest absolute Gasteiger partial charge is 0.367 e. The van der Waals surface area contributed by atoms with Crippen LogP contribution in [0.1, 0.15) is 39.0 Å². The molecule has 2 unspecified atom stereocenters. The summed E-state index contributed by atoms with van der Waals surface area (Å²) >= 11 is 0. The van der Waals surface area contributed by atoms with E-state index in [2.05, 4.69) is 47.6 Å². The summed E-state index contributed by atoms with van der Waals surface area (Å²) in [7, 11) is 0. The van der Waals surface area contributed by atoms with Crippen molar-refractivity contribution in [2.75, 3.05) is 5.32 Å². The maximum absolute atomic E-state index is 4.54. The molecule has 0 radical (unpaired) electrons. The highest BCUT2D eigenvalue weighted by molar-refractivity contribution is 5.91. The van der Waals surface area contributed by atoms with Gasteiger partial charge in [0.2, 0.25) is 0 Å². The summed E-state index contributed by atoms with van der Waals surface area (Å²) in [6, 6.07) is 11.1. The number of rotatable bonds is 2. The summed E-state index contributed by atoms with van der Waals surface area (Å²) in [4.78, 5) is 4.54. The molecule has 1 fully saturated rings. The predicted octanol–water partition coefficient (Wildman–Crippen LogP) is 4.62. The van der Waals surface area contributed by atoms with Gasteiger partial charge in [0.25, 0.3) is 0 Å². The zero-order valence-corrected chi connectivity index (χ0v) is 11.6. The number of nitrogens with one attached hydrogen (secondary N) is 1. The topological polar surface area (TPSA) is 24.9 Å². The molecule has 2 heteroatoms. The van der Waals surface area contributed by atoms with Crippen LogP contribution in [0.2, 0.25) is 0 Å². The average molecular weight is 254 g/mol. The van der Waals surface area contributed by atoms with Crippen LogP contribution in [0.4, 0.5) is 5.82 Å². The molecule has 0 aliphatic heterocycles. The Bertz CT molecular complexity index is 544. The molecule has 1 saturated carbocycles. The van der Waals surface area contributed by atoms with E-state index in [9.17, 15) is 0 Å². The normalized spacial score (nSPS) is 24.1. The standard InChI is InChI=1S/C17H22N2/c1-13-5-4-7-15(10-9-13)19-17-16-8-3-2-6-14(16)11-12-18-17/h2-3,6,8,11-13,15H,4-5,7,9-10H2,1H3,(H,18,19). The van der Waals surface area contributed by atoms with Gasteiger partial charge in [-0.15, -0.1) is 0 Å². The Balaban J connectivity index is 1.81. The number of anilines is 1. The highest BCUT2D eigenvalue weighted by atomic mass is 15.0. The van der Waals surface area contributed by atoms with Gasteiger partial charge < -0.3 is 5.32 Å². The number of benzene rings is 1. The van der Waals surface area contributed by atoms with Gasteiger partial charge in [0.15, 0.2) is 0 Å². The lowest BCUT2D eigenvalue weighted by Crippen LogP contribution is -2.19. The smallest absolute Gasteiger partial charge is 0.134 e. The van der Waals surface area contributed by atoms with Crippen LogP contribution in [0.15, 0.2) is 36.5 Å². The molecule has 0 saturated heterocycles. The molecule has 1 heterocycles. The fourth-order valence-electron chi connectivity index (χ4n) is 3.06. The molecule has 0 amide bonds. The first kappa shape index (κ1) is 12.5. The fourth-order valence-corrected chi connectivity index (χ4v) is 3.06. The van der Waals surface area contributed by atoms with Gasteiger partial charge in [-0.25, -0.2) is 4.98 Å². The van der Waals surface area contributed by atoms with Crippen LogP contribution in [-0.4, -0.2) is 11.0 Å². The minimum Gasteiger partial charge on any atom is -0.367 e. The number of aromatic nitrogens is 1. The molecule has 0 spiro atoms. The number of nitrogens with zero attached hydrogens (tertiary/aromatic N) is 1. The van der Waals surface area contributed by atoms with Crippen molar-refractivity contribution in [2.45, 2.75) is 45.1 Å². The number of fused-ring (bicyclic) bond motifs is 1. The first-order chi connectivity index (χ1) is 9.33. The van der Waals surface area contributed by atoms with Crippen LogP contribution in [0.3, 0.4) is 0 Å². The highest BCUT2D eigenvalue weighted by Crippen LogP contribution is 2.27. The summed E-state index contributed by atoms with van der Waals surface area (Å²) in [5.41, 5.74) is 0. The second-order valence-electron chi connectivity index (χ2n) is 5.84. The molecule has 2 atom stereocenters. The van der Waals surface area contributed by atoms with E-state index in [4.69, 9.17) is 0 Å². The minimum absolute atomic E-state index is 0.586. The van der Waals surface area contributed by atoms with Gasteiger partial charge in [-0.1, -0.05) is 44.0 Å². The Kier molecular flexibility index (Phi) is 3.67. The van der Waals surface area contributed by atoms with Gasteiger partial charge in [-0.05, 0) is 36.6 Å². The van der Waals surface area contributed by atoms with Gasteiger partial charge in [0.1, 0.15) is 5.82 Å². The molecule has 1 N–H and O–H groups in total. The number of hydrogen-bond acceptors (Lipinski definition) is 2. The van der Waals surface area contributed by atoms with E-state index in [1.165, 1.54) is 42.9 Å². The van der Waals surface area contributed by atoms with Crippen LogP contribution >= 0.6 is 0 Å². The zero-order chi connectivity index (χ0) is 13.1. The average Bonchev–Trinajstić information content (AvgIpc) is 2.64. The van der Waals surface area contributed by atoms with E-state index >= 15 is 0 Å². The third kappa shape index (κ3) is 2.89. The zero-order valence-electron chi connectivity index (χ0n) is 11.6. The van der Waals surface area contributed by atoms with Crippen molar-refractivity contribution in [2.24, 2.45) is 5.92 Å². The summed E-state index contributed by atoms with van der Waals surface area (Å²) < 4.78 is 0. The van der Waals surface area contributed by atoms with Gasteiger partial charge in [0, 0.05) is 17.6 Å². The van der Waals surface area contributed by atoms with E-state index in [-0.39, 0.29) is 0 Å². The van der Waals surface area contributed by atoms with E-state index in [0.717, 1.165) is 11.7 Å². The van der Waals surface area contributed by atoms with E-state index < -0.39 is 0 Å². The van der Waals surface area contributed by atoms with Gasteiger partial charge in [-0.2, -0.15) is 0 Å². The van der Waals surface area contributed by atoms with Crippen molar-refractivity contribution in [1.82, 2.24) is 4.98 Å². The molecule has 3 rings (SSSR count). The first-order valence-electron chi connectivity index (χ1n) is 7.43. The van der Waals surface area contributed by atoms with Crippen LogP contribution in [0, 0.1) is 5.92 Å². The molecule has 1 aromatic heterocycles. The lowest BCUT2D eigenvalue weighted by atomic mass is 10.0. The van der Waals surface area contributed by atoms with Crippen LogP contribution < -0.4 is 5.32 Å². The molecule has 2 nitrogen and oxygen atoms in total. The van der Waals surface area contributed by atoms with Crippen molar-refractivity contribution >= 4 is 16.6 Å². The maximum atomic E-state index is 4.54. The van der Waals surface area contributed by atoms with Crippen molar-refractivity contribution in [3.8, 4) is 0 Å². The van der Waals surface area contributed by atoms with E-state index in [0.29, 0.717) is 6.04 Å². The van der Waals surface area contributed by atoms with Gasteiger partial charge in [0.05, 0.1) is 0 Å². The summed E-state index contributed by atoms with van der Waals surface area (Å²) in [5, 5.41) is 6.18. The van der Waals surface area contributed by atoms with Crippen molar-refractivity contribution in [3.63, 3.8) is 0 Å². The molecule has 1 aliphatic rings. The molecule has 19 heavy (non-hydrogen) atoms. The lowest BCUT2D eigenvalue weighted by molar-refractivity contribution is 0.502. The highest BCUT2D eigenvalue weighted by Gasteiger charge is 2.16. The Morgan fingerprint density at radius 2 is 1.95 bits per heavy atom. The van der Waals surface area contributed by atoms with Crippen LogP contribution in [0.5, 0.6) is 0 Å². The molecule has 100 valence electrons. The lowest BCUT2D eigenvalue weighted by Gasteiger charge is -2.18. The van der Waals surface area contributed by atoms with Gasteiger partial charge >= 0.3 is 0 Å². The van der Waals surface area contributed by atoms with Crippen LogP contribution in [-0.2, 0) is 0 Å². The van der Waals surface area contributed by atoms with Gasteiger partial charge in [-0.3, -0.25) is 0 Å². The maximum Gasteiger partial charge on any atom is 0.134 e. The van der Waals surface area contributed by atoms with E-state index in [1.807, 2.05) is 6.20 Å². The summed E-state index contributed by atoms with van der Waals surface area (Å²) in [5.74, 6) is 1.94. The first-order valence-corrected chi connectivity index (χ1v) is 7.43. The predicted molar refractivity (Wildman–Crippen MR) is 81.4 cm³/mol. The van der Waals surface area contributed by atoms with Crippen molar-refractivity contribution < 1.29 is 0 Å². The summed E-state index contributed by atoms with van der Waals surface area (Å²) in [6.07, 6.45) is 8.50. The number of hydrogen-bond donors (Lipinski definition) is 1. The minimum atomic E-state index is 0.586. The Morgan fingerprint density at radius 1 is 1.05 bits per heavy atom. The molecule has 1 aromatic carbocycles. The molecule has 1 aliphatic carbocycles. The molecule has 0 bridgehead atoms. The number of pyridine rings is 1. The quantitative estimate of drug-likeness (QED) is 0.791. The monoisotopic (exact) mass is 254 g/mol. The molecular formula is C17H22N2. The second kappa shape index (κ2) is 5.60. The van der Waals surface area contributed by atoms with E-state index in [1.54, 1.807) is 0 Å².